The normalized spacial score (nSPS) is 18.4. The number of nitrogens with zero attached hydrogens (tertiary/aromatic N) is 1. The molecule has 0 fully saturated rings. The van der Waals surface area contributed by atoms with Crippen LogP contribution in [-0.2, 0) is 0 Å². The molecule has 2 aromatic rings. The average molecular weight is 278 g/mol. The van der Waals surface area contributed by atoms with Crippen molar-refractivity contribution < 1.29 is 0 Å². The first-order chi connectivity index (χ1) is 8.63. The largest absolute Gasteiger partial charge is 0.355 e. The van der Waals surface area contributed by atoms with E-state index in [4.69, 9.17) is 11.6 Å². The molecule has 1 aliphatic heterocycles. The van der Waals surface area contributed by atoms with Crippen LogP contribution in [0.5, 0.6) is 0 Å². The Hall–Kier alpha value is -0.780. The van der Waals surface area contributed by atoms with E-state index in [2.05, 4.69) is 52.2 Å². The number of hydrogen-bond acceptors (Lipinski definition) is 1. The molecule has 1 unspecified atom stereocenters. The highest BCUT2D eigenvalue weighted by atomic mass is 35.5. The van der Waals surface area contributed by atoms with E-state index >= 15 is 0 Å². The van der Waals surface area contributed by atoms with Crippen molar-refractivity contribution >= 4 is 37.5 Å². The summed E-state index contributed by atoms with van der Waals surface area (Å²) in [4.78, 5) is 0. The third kappa shape index (κ3) is 1.65. The Balaban J connectivity index is 2.44. The van der Waals surface area contributed by atoms with Crippen molar-refractivity contribution in [2.45, 2.75) is 19.8 Å². The van der Waals surface area contributed by atoms with E-state index in [-0.39, 0.29) is 0 Å². The molecule has 0 aliphatic carbocycles. The molecule has 1 nitrogen and oxygen atoms in total. The molecule has 0 N–H and O–H groups in total. The van der Waals surface area contributed by atoms with Gasteiger partial charge in [0.25, 0.3) is 0 Å². The van der Waals surface area contributed by atoms with E-state index in [0.717, 1.165) is 6.54 Å². The third-order valence-electron chi connectivity index (χ3n) is 3.92. The van der Waals surface area contributed by atoms with Gasteiger partial charge in [0.05, 0.1) is 0 Å². The van der Waals surface area contributed by atoms with Crippen LogP contribution in [0.4, 0.5) is 5.69 Å². The zero-order valence-corrected chi connectivity index (χ0v) is 12.6. The van der Waals surface area contributed by atoms with Crippen molar-refractivity contribution in [1.82, 2.24) is 0 Å². The number of hydrogen-bond donors (Lipinski definition) is 0. The summed E-state index contributed by atoms with van der Waals surface area (Å²) in [5, 5.41) is 2.77. The predicted molar refractivity (Wildman–Crippen MR) is 83.9 cm³/mol. The van der Waals surface area contributed by atoms with Crippen LogP contribution in [0.3, 0.4) is 0 Å². The molecule has 0 bridgehead atoms. The molecular weight excluding hydrogens is 261 g/mol. The number of aryl methyl sites for hydroxylation is 2. The molecule has 18 heavy (non-hydrogen) atoms. The van der Waals surface area contributed by atoms with Crippen LogP contribution in [0.1, 0.15) is 22.6 Å². The number of benzene rings is 2. The van der Waals surface area contributed by atoms with Gasteiger partial charge in [-0.15, -0.1) is 11.6 Å². The highest BCUT2D eigenvalue weighted by Gasteiger charge is 2.29. The topological polar surface area (TPSA) is 3.24 Å². The molecular formula is C15H17ClNP. The smallest absolute Gasteiger partial charge is 0.0440 e. The van der Waals surface area contributed by atoms with Crippen LogP contribution in [-0.4, -0.2) is 12.4 Å². The summed E-state index contributed by atoms with van der Waals surface area (Å²) in [5.74, 6) is 1.12. The highest BCUT2D eigenvalue weighted by Crippen LogP contribution is 2.45. The molecule has 1 aliphatic rings. The summed E-state index contributed by atoms with van der Waals surface area (Å²) in [7, 11) is 2.82. The molecule has 0 aromatic heterocycles. The van der Waals surface area contributed by atoms with Gasteiger partial charge in [-0.1, -0.05) is 18.2 Å². The fraction of sp³-hybridized carbons (Fsp3) is 0.333. The van der Waals surface area contributed by atoms with Gasteiger partial charge >= 0.3 is 0 Å². The zero-order valence-electron chi connectivity index (χ0n) is 10.7. The van der Waals surface area contributed by atoms with Gasteiger partial charge in [-0.3, -0.25) is 0 Å². The molecule has 3 heteroatoms. The van der Waals surface area contributed by atoms with E-state index in [1.165, 1.54) is 33.2 Å². The maximum absolute atomic E-state index is 6.16. The fourth-order valence-electron chi connectivity index (χ4n) is 3.05. The maximum Gasteiger partial charge on any atom is 0.0440 e. The molecule has 94 valence electrons. The lowest BCUT2D eigenvalue weighted by molar-refractivity contribution is 0.846. The van der Waals surface area contributed by atoms with Gasteiger partial charge in [0, 0.05) is 24.0 Å². The quantitative estimate of drug-likeness (QED) is 0.552. The van der Waals surface area contributed by atoms with E-state index in [1.807, 2.05) is 0 Å². The molecule has 0 amide bonds. The Kier molecular flexibility index (Phi) is 3.00. The second-order valence-corrected chi connectivity index (χ2v) is 6.06. The summed E-state index contributed by atoms with van der Waals surface area (Å²) >= 11 is 6.16. The molecule has 0 saturated heterocycles. The van der Waals surface area contributed by atoms with Crippen molar-refractivity contribution in [3.63, 3.8) is 0 Å². The van der Waals surface area contributed by atoms with Gasteiger partial charge in [-0.05, 0) is 56.8 Å². The lowest BCUT2D eigenvalue weighted by atomic mass is 9.91. The molecule has 0 spiro atoms. The van der Waals surface area contributed by atoms with Gasteiger partial charge in [-0.2, -0.15) is 0 Å². The van der Waals surface area contributed by atoms with E-state index in [0.29, 0.717) is 11.8 Å². The van der Waals surface area contributed by atoms with Crippen LogP contribution < -0.4 is 4.67 Å². The fourth-order valence-corrected chi connectivity index (χ4v) is 3.77. The van der Waals surface area contributed by atoms with Crippen LogP contribution in [0, 0.1) is 13.8 Å². The minimum absolute atomic E-state index is 0.434. The summed E-state index contributed by atoms with van der Waals surface area (Å²) in [6.07, 6.45) is 0. The second-order valence-electron chi connectivity index (χ2n) is 5.13. The lowest BCUT2D eigenvalue weighted by Crippen LogP contribution is -2.09. The van der Waals surface area contributed by atoms with Gasteiger partial charge in [-0.25, -0.2) is 0 Å². The number of alkyl halides is 1. The molecule has 3 rings (SSSR count). The van der Waals surface area contributed by atoms with Gasteiger partial charge < -0.3 is 4.67 Å². The summed E-state index contributed by atoms with van der Waals surface area (Å²) < 4.78 is 2.25. The Morgan fingerprint density at radius 2 is 2.11 bits per heavy atom. The molecule has 0 saturated carbocycles. The molecule has 0 radical (unpaired) electrons. The van der Waals surface area contributed by atoms with Gasteiger partial charge in [0.1, 0.15) is 0 Å². The summed E-state index contributed by atoms with van der Waals surface area (Å²) in [5.41, 5.74) is 5.45. The number of fused-ring (bicyclic) bond motifs is 3. The zero-order chi connectivity index (χ0) is 12.9. The van der Waals surface area contributed by atoms with Crippen molar-refractivity contribution in [1.29, 1.82) is 0 Å². The first-order valence-electron chi connectivity index (χ1n) is 6.24. The monoisotopic (exact) mass is 277 g/mol. The average Bonchev–Trinajstić information content (AvgIpc) is 2.67. The summed E-state index contributed by atoms with van der Waals surface area (Å²) in [6.45, 7) is 5.38. The van der Waals surface area contributed by atoms with E-state index < -0.39 is 0 Å². The van der Waals surface area contributed by atoms with Crippen LogP contribution >= 0.6 is 21.0 Å². The van der Waals surface area contributed by atoms with Gasteiger partial charge in [0.15, 0.2) is 0 Å². The Morgan fingerprint density at radius 1 is 1.33 bits per heavy atom. The second kappa shape index (κ2) is 4.40. The standard InChI is InChI=1S/C15H17ClNP/c1-9-4-3-5-12-10(2)6-13-15(14(9)12)11(7-16)8-17(13)18/h3-6,11H,7-8,18H2,1-2H3/t11-/m1/s1. The maximum atomic E-state index is 6.16. The van der Waals surface area contributed by atoms with Crippen molar-refractivity contribution in [3.05, 3.63) is 41.0 Å². The minimum Gasteiger partial charge on any atom is -0.355 e. The van der Waals surface area contributed by atoms with E-state index in [1.54, 1.807) is 0 Å². The predicted octanol–water partition coefficient (Wildman–Crippen LogP) is 4.39. The van der Waals surface area contributed by atoms with Gasteiger partial charge in [0.2, 0.25) is 0 Å². The van der Waals surface area contributed by atoms with Crippen molar-refractivity contribution in [2.75, 3.05) is 17.1 Å². The first-order valence-corrected chi connectivity index (χ1v) is 7.29. The number of anilines is 1. The van der Waals surface area contributed by atoms with Crippen molar-refractivity contribution in [3.8, 4) is 0 Å². The lowest BCUT2D eigenvalue weighted by Gasteiger charge is -2.15. The van der Waals surface area contributed by atoms with Crippen LogP contribution in [0.25, 0.3) is 10.8 Å². The highest BCUT2D eigenvalue weighted by molar-refractivity contribution is 7.19. The molecule has 1 heterocycles. The third-order valence-corrected chi connectivity index (χ3v) is 4.78. The molecule has 2 aromatic carbocycles. The SMILES string of the molecule is Cc1cc2c(c3c(C)cccc13)[C@H](CCl)CN2P. The number of rotatable bonds is 1. The Labute approximate surface area is 115 Å². The van der Waals surface area contributed by atoms with Crippen LogP contribution in [0.15, 0.2) is 24.3 Å². The Bertz CT molecular complexity index is 623. The summed E-state index contributed by atoms with van der Waals surface area (Å²) in [6, 6.07) is 8.84. The Morgan fingerprint density at radius 3 is 2.83 bits per heavy atom. The number of halogens is 1. The first kappa shape index (κ1) is 12.3. The van der Waals surface area contributed by atoms with E-state index in [9.17, 15) is 0 Å². The molecule has 2 atom stereocenters. The van der Waals surface area contributed by atoms with Crippen LogP contribution in [0.2, 0.25) is 0 Å². The minimum atomic E-state index is 0.434. The van der Waals surface area contributed by atoms with Crippen molar-refractivity contribution in [2.24, 2.45) is 0 Å².